The molecule has 1 heterocycles. The molecule has 0 aromatic carbocycles. The molecule has 1 atom stereocenters. The van der Waals surface area contributed by atoms with Crippen LogP contribution in [-0.4, -0.2) is 12.3 Å². The van der Waals surface area contributed by atoms with Crippen molar-refractivity contribution in [3.63, 3.8) is 0 Å². The Balaban J connectivity index is 1.94. The maximum Gasteiger partial charge on any atom is 0.0414 e. The number of rotatable bonds is 1. The fraction of sp³-hybridized carbons (Fsp3) is 0.909. The lowest BCUT2D eigenvalue weighted by molar-refractivity contribution is 0.519. The first-order valence-corrected chi connectivity index (χ1v) is 5.39. The van der Waals surface area contributed by atoms with Crippen molar-refractivity contribution in [3.05, 3.63) is 0 Å². The average molecular weight is 165 g/mol. The van der Waals surface area contributed by atoms with Crippen molar-refractivity contribution < 1.29 is 0 Å². The van der Waals surface area contributed by atoms with E-state index in [9.17, 15) is 0 Å². The lowest BCUT2D eigenvalue weighted by Crippen LogP contribution is -2.19. The van der Waals surface area contributed by atoms with Gasteiger partial charge in [-0.05, 0) is 37.5 Å². The molecular weight excluding hydrogens is 146 g/mol. The van der Waals surface area contributed by atoms with Gasteiger partial charge in [0.15, 0.2) is 0 Å². The zero-order valence-corrected chi connectivity index (χ0v) is 8.05. The van der Waals surface area contributed by atoms with E-state index in [2.05, 4.69) is 6.92 Å². The van der Waals surface area contributed by atoms with Crippen molar-refractivity contribution in [1.82, 2.24) is 0 Å². The van der Waals surface area contributed by atoms with Crippen LogP contribution in [0.25, 0.3) is 0 Å². The molecule has 68 valence electrons. The quantitative estimate of drug-likeness (QED) is 0.566. The molecule has 0 aromatic rings. The van der Waals surface area contributed by atoms with E-state index in [1.54, 1.807) is 5.71 Å². The first kappa shape index (κ1) is 8.28. The molecule has 0 saturated heterocycles. The summed E-state index contributed by atoms with van der Waals surface area (Å²) < 4.78 is 0. The molecule has 1 heteroatoms. The molecular formula is C11H19N. The van der Waals surface area contributed by atoms with Crippen LogP contribution in [0.1, 0.15) is 45.4 Å². The minimum Gasteiger partial charge on any atom is -0.294 e. The van der Waals surface area contributed by atoms with Gasteiger partial charge in [-0.25, -0.2) is 0 Å². The highest BCUT2D eigenvalue weighted by atomic mass is 14.8. The summed E-state index contributed by atoms with van der Waals surface area (Å²) in [6.07, 6.45) is 8.42. The van der Waals surface area contributed by atoms with E-state index in [0.29, 0.717) is 0 Å². The van der Waals surface area contributed by atoms with E-state index in [-0.39, 0.29) is 0 Å². The molecule has 0 radical (unpaired) electrons. The highest BCUT2D eigenvalue weighted by Crippen LogP contribution is 2.30. The monoisotopic (exact) mass is 165 g/mol. The SMILES string of the molecule is CC1CCC(C2CCCC2)=NC1. The van der Waals surface area contributed by atoms with Crippen LogP contribution in [0.5, 0.6) is 0 Å². The van der Waals surface area contributed by atoms with E-state index in [1.165, 1.54) is 38.5 Å². The van der Waals surface area contributed by atoms with E-state index < -0.39 is 0 Å². The van der Waals surface area contributed by atoms with Gasteiger partial charge in [0.25, 0.3) is 0 Å². The molecule has 2 rings (SSSR count). The van der Waals surface area contributed by atoms with E-state index in [1.807, 2.05) is 0 Å². The van der Waals surface area contributed by atoms with Gasteiger partial charge in [0, 0.05) is 12.3 Å². The Morgan fingerprint density at radius 1 is 1.17 bits per heavy atom. The number of aliphatic imine (C=N–C) groups is 1. The topological polar surface area (TPSA) is 12.4 Å². The second kappa shape index (κ2) is 3.59. The minimum absolute atomic E-state index is 0.843. The van der Waals surface area contributed by atoms with Crippen molar-refractivity contribution in [2.75, 3.05) is 6.54 Å². The van der Waals surface area contributed by atoms with E-state index >= 15 is 0 Å². The van der Waals surface area contributed by atoms with Crippen molar-refractivity contribution in [1.29, 1.82) is 0 Å². The van der Waals surface area contributed by atoms with Crippen LogP contribution in [0.4, 0.5) is 0 Å². The molecule has 0 aromatic heterocycles. The summed E-state index contributed by atoms with van der Waals surface area (Å²) in [5, 5.41) is 0. The van der Waals surface area contributed by atoms with Gasteiger partial charge >= 0.3 is 0 Å². The summed E-state index contributed by atoms with van der Waals surface area (Å²) in [6, 6.07) is 0. The first-order chi connectivity index (χ1) is 5.86. The zero-order valence-electron chi connectivity index (χ0n) is 8.05. The minimum atomic E-state index is 0.843. The number of hydrogen-bond donors (Lipinski definition) is 0. The normalized spacial score (nSPS) is 32.1. The summed E-state index contributed by atoms with van der Waals surface area (Å²) in [6.45, 7) is 3.42. The van der Waals surface area contributed by atoms with Gasteiger partial charge < -0.3 is 0 Å². The molecule has 1 fully saturated rings. The van der Waals surface area contributed by atoms with Crippen molar-refractivity contribution in [2.24, 2.45) is 16.8 Å². The average Bonchev–Trinajstić information content (AvgIpc) is 2.58. The summed E-state index contributed by atoms with van der Waals surface area (Å²) in [5.74, 6) is 1.73. The Morgan fingerprint density at radius 2 is 1.92 bits per heavy atom. The van der Waals surface area contributed by atoms with Crippen molar-refractivity contribution in [2.45, 2.75) is 45.4 Å². The van der Waals surface area contributed by atoms with Gasteiger partial charge in [-0.15, -0.1) is 0 Å². The van der Waals surface area contributed by atoms with Gasteiger partial charge in [-0.3, -0.25) is 4.99 Å². The Morgan fingerprint density at radius 3 is 2.50 bits per heavy atom. The maximum atomic E-state index is 4.71. The molecule has 0 bridgehead atoms. The largest absolute Gasteiger partial charge is 0.294 e. The Hall–Kier alpha value is -0.330. The predicted octanol–water partition coefficient (Wildman–Crippen LogP) is 3.05. The second-order valence-corrected chi connectivity index (χ2v) is 4.46. The molecule has 1 nitrogen and oxygen atoms in total. The van der Waals surface area contributed by atoms with Crippen LogP contribution >= 0.6 is 0 Å². The van der Waals surface area contributed by atoms with Crippen LogP contribution in [0, 0.1) is 11.8 Å². The summed E-state index contributed by atoms with van der Waals surface area (Å²) in [5.41, 5.74) is 1.56. The Bertz CT molecular complexity index is 177. The first-order valence-electron chi connectivity index (χ1n) is 5.39. The fourth-order valence-corrected chi connectivity index (χ4v) is 2.43. The second-order valence-electron chi connectivity index (χ2n) is 4.46. The number of nitrogens with zero attached hydrogens (tertiary/aromatic N) is 1. The van der Waals surface area contributed by atoms with Crippen LogP contribution in [-0.2, 0) is 0 Å². The van der Waals surface area contributed by atoms with Gasteiger partial charge in [0.1, 0.15) is 0 Å². The van der Waals surface area contributed by atoms with Crippen molar-refractivity contribution >= 4 is 5.71 Å². The van der Waals surface area contributed by atoms with Crippen LogP contribution in [0.2, 0.25) is 0 Å². The van der Waals surface area contributed by atoms with Crippen molar-refractivity contribution in [3.8, 4) is 0 Å². The third-order valence-electron chi connectivity index (χ3n) is 3.33. The van der Waals surface area contributed by atoms with Gasteiger partial charge in [-0.2, -0.15) is 0 Å². The van der Waals surface area contributed by atoms with Gasteiger partial charge in [-0.1, -0.05) is 19.8 Å². The molecule has 1 aliphatic carbocycles. The van der Waals surface area contributed by atoms with E-state index in [0.717, 1.165) is 18.4 Å². The third kappa shape index (κ3) is 1.70. The summed E-state index contributed by atoms with van der Waals surface area (Å²) in [4.78, 5) is 4.71. The maximum absolute atomic E-state index is 4.71. The molecule has 0 amide bonds. The molecule has 2 aliphatic rings. The molecule has 1 saturated carbocycles. The summed E-state index contributed by atoms with van der Waals surface area (Å²) in [7, 11) is 0. The zero-order chi connectivity index (χ0) is 8.39. The lowest BCUT2D eigenvalue weighted by atomic mass is 9.91. The lowest BCUT2D eigenvalue weighted by Gasteiger charge is -2.21. The van der Waals surface area contributed by atoms with Gasteiger partial charge in [0.05, 0.1) is 0 Å². The molecule has 0 spiro atoms. The Kier molecular flexibility index (Phi) is 2.48. The molecule has 1 aliphatic heterocycles. The summed E-state index contributed by atoms with van der Waals surface area (Å²) >= 11 is 0. The smallest absolute Gasteiger partial charge is 0.0414 e. The highest BCUT2D eigenvalue weighted by molar-refractivity contribution is 5.87. The molecule has 1 unspecified atom stereocenters. The van der Waals surface area contributed by atoms with Gasteiger partial charge in [0.2, 0.25) is 0 Å². The third-order valence-corrected chi connectivity index (χ3v) is 3.33. The number of hydrogen-bond acceptors (Lipinski definition) is 1. The van der Waals surface area contributed by atoms with Crippen LogP contribution in [0.15, 0.2) is 4.99 Å². The van der Waals surface area contributed by atoms with E-state index in [4.69, 9.17) is 4.99 Å². The predicted molar refractivity (Wildman–Crippen MR) is 52.7 cm³/mol. The standard InChI is InChI=1S/C11H19N/c1-9-6-7-11(12-8-9)10-4-2-3-5-10/h9-10H,2-8H2,1H3. The highest BCUT2D eigenvalue weighted by Gasteiger charge is 2.22. The van der Waals surface area contributed by atoms with Crippen LogP contribution < -0.4 is 0 Å². The Labute approximate surface area is 75.3 Å². The molecule has 0 N–H and O–H groups in total. The molecule has 12 heavy (non-hydrogen) atoms. The fourth-order valence-electron chi connectivity index (χ4n) is 2.43. The van der Waals surface area contributed by atoms with Crippen LogP contribution in [0.3, 0.4) is 0 Å².